The van der Waals surface area contributed by atoms with Gasteiger partial charge in [-0.15, -0.1) is 0 Å². The van der Waals surface area contributed by atoms with Crippen LogP contribution in [-0.2, 0) is 21.1 Å². The van der Waals surface area contributed by atoms with E-state index < -0.39 is 0 Å². The van der Waals surface area contributed by atoms with E-state index in [9.17, 15) is 0 Å². The van der Waals surface area contributed by atoms with Crippen molar-refractivity contribution in [1.82, 2.24) is 9.13 Å². The van der Waals surface area contributed by atoms with Gasteiger partial charge in [-0.2, -0.15) is 4.57 Å². The van der Waals surface area contributed by atoms with Crippen molar-refractivity contribution in [3.63, 3.8) is 0 Å². The summed E-state index contributed by atoms with van der Waals surface area (Å²) in [4.78, 5) is 0. The van der Waals surface area contributed by atoms with Crippen LogP contribution in [0.4, 0.5) is 0 Å². The first-order valence-electron chi connectivity index (χ1n) is 8.67. The number of benzene rings is 3. The minimum atomic E-state index is 1.29. The van der Waals surface area contributed by atoms with E-state index in [1.165, 1.54) is 55.0 Å². The van der Waals surface area contributed by atoms with Crippen molar-refractivity contribution in [1.29, 1.82) is 0 Å². The van der Waals surface area contributed by atoms with Crippen molar-refractivity contribution in [2.24, 2.45) is 21.1 Å². The van der Waals surface area contributed by atoms with Gasteiger partial charge in [0.25, 0.3) is 0 Å². The molecule has 0 N–H and O–H groups in total. The molecule has 6 rings (SSSR count). The van der Waals surface area contributed by atoms with Crippen LogP contribution in [0.1, 0.15) is 0 Å². The molecule has 120 valence electrons. The molecule has 0 aliphatic carbocycles. The lowest BCUT2D eigenvalue weighted by Crippen LogP contribution is -2.31. The number of rotatable bonds is 0. The molecule has 0 radical (unpaired) electrons. The van der Waals surface area contributed by atoms with Gasteiger partial charge in [-0.1, -0.05) is 18.2 Å². The minimum Gasteiger partial charge on any atom is -0.343 e. The summed E-state index contributed by atoms with van der Waals surface area (Å²) < 4.78 is 7.01. The number of aryl methyl sites for hydroxylation is 3. The van der Waals surface area contributed by atoms with Crippen molar-refractivity contribution in [3.05, 3.63) is 54.6 Å². The van der Waals surface area contributed by atoms with Crippen LogP contribution in [0.25, 0.3) is 55.0 Å². The average molecular weight is 324 g/mol. The van der Waals surface area contributed by atoms with Gasteiger partial charge in [0, 0.05) is 37.4 Å². The Bertz CT molecular complexity index is 1310. The van der Waals surface area contributed by atoms with Gasteiger partial charge in [-0.05, 0) is 24.3 Å². The minimum absolute atomic E-state index is 1.29. The molecule has 3 aromatic carbocycles. The molecule has 2 aliphatic heterocycles. The second kappa shape index (κ2) is 4.12. The van der Waals surface area contributed by atoms with Crippen molar-refractivity contribution < 1.29 is 4.57 Å². The first-order valence-corrected chi connectivity index (χ1v) is 8.67. The van der Waals surface area contributed by atoms with Crippen LogP contribution in [0.2, 0.25) is 0 Å². The summed E-state index contributed by atoms with van der Waals surface area (Å²) in [5.74, 6) is 0. The zero-order chi connectivity index (χ0) is 16.9. The second-order valence-corrected chi connectivity index (χ2v) is 7.07. The predicted octanol–water partition coefficient (Wildman–Crippen LogP) is 4.34. The summed E-state index contributed by atoms with van der Waals surface area (Å²) >= 11 is 0. The number of hydrogen-bond acceptors (Lipinski definition) is 0. The molecule has 0 spiro atoms. The molecule has 3 nitrogen and oxygen atoms in total. The van der Waals surface area contributed by atoms with Crippen LogP contribution in [0.3, 0.4) is 0 Å². The Balaban J connectivity index is 2.19. The van der Waals surface area contributed by atoms with E-state index in [4.69, 9.17) is 0 Å². The molecular weight excluding hydrogens is 306 g/mol. The first kappa shape index (κ1) is 13.2. The third kappa shape index (κ3) is 1.34. The number of pyridine rings is 3. The van der Waals surface area contributed by atoms with Gasteiger partial charge in [0.05, 0.1) is 32.8 Å². The monoisotopic (exact) mass is 324 g/mol. The summed E-state index contributed by atoms with van der Waals surface area (Å²) in [6.07, 6.45) is 0. The van der Waals surface area contributed by atoms with Crippen LogP contribution in [0, 0.1) is 0 Å². The third-order valence-electron chi connectivity index (χ3n) is 5.98. The lowest BCUT2D eigenvalue weighted by molar-refractivity contribution is -0.617. The summed E-state index contributed by atoms with van der Waals surface area (Å²) in [6.45, 7) is 0. The summed E-state index contributed by atoms with van der Waals surface area (Å²) in [5, 5.41) is 2.72. The van der Waals surface area contributed by atoms with E-state index in [0.717, 1.165) is 0 Å². The third-order valence-corrected chi connectivity index (χ3v) is 5.98. The first-order chi connectivity index (χ1) is 12.2. The topological polar surface area (TPSA) is 13.7 Å². The summed E-state index contributed by atoms with van der Waals surface area (Å²) in [6, 6.07) is 19.9. The largest absolute Gasteiger partial charge is 0.343 e. The Kier molecular flexibility index (Phi) is 2.18. The highest BCUT2D eigenvalue weighted by atomic mass is 15.0. The van der Waals surface area contributed by atoms with E-state index >= 15 is 0 Å². The molecule has 4 aromatic rings. The fourth-order valence-electron chi connectivity index (χ4n) is 4.79. The van der Waals surface area contributed by atoms with E-state index in [-0.39, 0.29) is 0 Å². The predicted molar refractivity (Wildman–Crippen MR) is 103 cm³/mol. The number of aromatic nitrogens is 3. The summed E-state index contributed by atoms with van der Waals surface area (Å²) in [7, 11) is 6.54. The van der Waals surface area contributed by atoms with Crippen LogP contribution < -0.4 is 4.57 Å². The molecule has 2 aliphatic rings. The van der Waals surface area contributed by atoms with E-state index in [2.05, 4.69) is 89.4 Å². The molecular formula is C22H18N3+. The lowest BCUT2D eigenvalue weighted by Gasteiger charge is -2.25. The lowest BCUT2D eigenvalue weighted by atomic mass is 9.89. The van der Waals surface area contributed by atoms with E-state index in [0.29, 0.717) is 0 Å². The Morgan fingerprint density at radius 1 is 0.600 bits per heavy atom. The standard InChI is InChI=1S/C22H18N3/c1-23-13-7-4-9-15-19(13)22-20-14(23)8-5-10-16(20)25(3)18-12-6-11-17(21(18)22)24(15)2/h4-12H,1-3H3/q+1. The van der Waals surface area contributed by atoms with Gasteiger partial charge < -0.3 is 9.13 Å². The molecule has 0 atom stereocenters. The molecule has 0 saturated carbocycles. The van der Waals surface area contributed by atoms with Crippen molar-refractivity contribution in [3.8, 4) is 11.1 Å². The molecule has 3 heterocycles. The zero-order valence-electron chi connectivity index (χ0n) is 14.5. The van der Waals surface area contributed by atoms with Crippen molar-refractivity contribution >= 4 is 43.9 Å². The maximum absolute atomic E-state index is 2.34. The molecule has 0 unspecified atom stereocenters. The maximum atomic E-state index is 2.34. The van der Waals surface area contributed by atoms with Gasteiger partial charge >= 0.3 is 0 Å². The summed E-state index contributed by atoms with van der Waals surface area (Å²) in [5.41, 5.74) is 10.5. The normalized spacial score (nSPS) is 12.6. The van der Waals surface area contributed by atoms with Crippen LogP contribution in [0.15, 0.2) is 54.6 Å². The molecule has 25 heavy (non-hydrogen) atoms. The van der Waals surface area contributed by atoms with Crippen LogP contribution >= 0.6 is 0 Å². The smallest absolute Gasteiger partial charge is 0.215 e. The molecule has 0 amide bonds. The zero-order valence-corrected chi connectivity index (χ0v) is 14.5. The number of nitrogens with zero attached hydrogens (tertiary/aromatic N) is 3. The molecule has 0 bridgehead atoms. The second-order valence-electron chi connectivity index (χ2n) is 7.07. The Hall–Kier alpha value is -3.07. The Morgan fingerprint density at radius 3 is 1.56 bits per heavy atom. The molecule has 3 heteroatoms. The van der Waals surface area contributed by atoms with Crippen molar-refractivity contribution in [2.75, 3.05) is 0 Å². The SMILES string of the molecule is Cn1c2cccc3c2-c2c4c1cccc4[n+](C)c1cccc(c21)n3C. The molecule has 0 fully saturated rings. The van der Waals surface area contributed by atoms with Gasteiger partial charge in [0.15, 0.2) is 0 Å². The Labute approximate surface area is 145 Å². The molecule has 1 aromatic heterocycles. The average Bonchev–Trinajstić information content (AvgIpc) is 2.65. The van der Waals surface area contributed by atoms with E-state index in [1.807, 2.05) is 0 Å². The highest BCUT2D eigenvalue weighted by Crippen LogP contribution is 2.46. The van der Waals surface area contributed by atoms with Crippen molar-refractivity contribution in [2.45, 2.75) is 0 Å². The van der Waals surface area contributed by atoms with Gasteiger partial charge in [-0.3, -0.25) is 0 Å². The molecule has 0 saturated heterocycles. The Morgan fingerprint density at radius 2 is 1.04 bits per heavy atom. The highest BCUT2D eigenvalue weighted by Gasteiger charge is 2.29. The quantitative estimate of drug-likeness (QED) is 0.224. The number of hydrogen-bond donors (Lipinski definition) is 0. The van der Waals surface area contributed by atoms with Gasteiger partial charge in [-0.25, -0.2) is 0 Å². The van der Waals surface area contributed by atoms with Crippen LogP contribution in [0.5, 0.6) is 0 Å². The van der Waals surface area contributed by atoms with Gasteiger partial charge in [0.1, 0.15) is 7.05 Å². The van der Waals surface area contributed by atoms with E-state index in [1.54, 1.807) is 0 Å². The highest BCUT2D eigenvalue weighted by molar-refractivity contribution is 6.24. The fraction of sp³-hybridized carbons (Fsp3) is 0.136. The van der Waals surface area contributed by atoms with Crippen LogP contribution in [-0.4, -0.2) is 9.13 Å². The maximum Gasteiger partial charge on any atom is 0.215 e. The fourth-order valence-corrected chi connectivity index (χ4v) is 4.79. The van der Waals surface area contributed by atoms with Gasteiger partial charge in [0.2, 0.25) is 11.0 Å².